The van der Waals surface area contributed by atoms with Crippen LogP contribution in [0.3, 0.4) is 0 Å². The van der Waals surface area contributed by atoms with E-state index in [4.69, 9.17) is 4.74 Å². The van der Waals surface area contributed by atoms with E-state index in [0.717, 1.165) is 22.5 Å². The first-order valence-corrected chi connectivity index (χ1v) is 7.14. The highest BCUT2D eigenvalue weighted by molar-refractivity contribution is 9.10. The van der Waals surface area contributed by atoms with E-state index >= 15 is 0 Å². The zero-order chi connectivity index (χ0) is 13.7. The zero-order valence-corrected chi connectivity index (χ0v) is 12.8. The van der Waals surface area contributed by atoms with Crippen LogP contribution in [-0.4, -0.2) is 13.2 Å². The Hall–Kier alpha value is -1.48. The standard InChI is InChI=1S/C16H18BrNO/c1-12-4-3-5-14(10-12)18-8-9-19-16-7-6-13(2)11-15(16)17/h3-7,10-11,18H,8-9H2,1-2H3. The Morgan fingerprint density at radius 3 is 2.58 bits per heavy atom. The van der Waals surface area contributed by atoms with Crippen LogP contribution >= 0.6 is 15.9 Å². The van der Waals surface area contributed by atoms with E-state index in [2.05, 4.69) is 65.4 Å². The van der Waals surface area contributed by atoms with Gasteiger partial charge in [0.2, 0.25) is 0 Å². The summed E-state index contributed by atoms with van der Waals surface area (Å²) < 4.78 is 6.74. The number of hydrogen-bond acceptors (Lipinski definition) is 2. The van der Waals surface area contributed by atoms with Crippen molar-refractivity contribution in [3.05, 3.63) is 58.1 Å². The summed E-state index contributed by atoms with van der Waals surface area (Å²) in [4.78, 5) is 0. The molecule has 0 unspecified atom stereocenters. The first kappa shape index (κ1) is 13.9. The van der Waals surface area contributed by atoms with Crippen LogP contribution in [-0.2, 0) is 0 Å². The average molecular weight is 320 g/mol. The molecular weight excluding hydrogens is 302 g/mol. The summed E-state index contributed by atoms with van der Waals surface area (Å²) in [7, 11) is 0. The minimum Gasteiger partial charge on any atom is -0.491 e. The fraction of sp³-hybridized carbons (Fsp3) is 0.250. The third-order valence-electron chi connectivity index (χ3n) is 2.79. The molecule has 0 aliphatic rings. The van der Waals surface area contributed by atoms with Crippen molar-refractivity contribution in [2.45, 2.75) is 13.8 Å². The largest absolute Gasteiger partial charge is 0.491 e. The number of nitrogens with one attached hydrogen (secondary N) is 1. The van der Waals surface area contributed by atoms with Gasteiger partial charge in [-0.25, -0.2) is 0 Å². The first-order chi connectivity index (χ1) is 9.15. The Kier molecular flexibility index (Phi) is 4.86. The summed E-state index contributed by atoms with van der Waals surface area (Å²) in [6, 6.07) is 14.4. The van der Waals surface area contributed by atoms with Crippen LogP contribution in [0.2, 0.25) is 0 Å². The average Bonchev–Trinajstić information content (AvgIpc) is 2.37. The normalized spacial score (nSPS) is 10.3. The Labute approximate surface area is 122 Å². The number of ether oxygens (including phenoxy) is 1. The van der Waals surface area contributed by atoms with Crippen molar-refractivity contribution in [3.63, 3.8) is 0 Å². The second kappa shape index (κ2) is 6.62. The van der Waals surface area contributed by atoms with E-state index in [9.17, 15) is 0 Å². The van der Waals surface area contributed by atoms with Crippen molar-refractivity contribution < 1.29 is 4.74 Å². The summed E-state index contributed by atoms with van der Waals surface area (Å²) >= 11 is 3.51. The van der Waals surface area contributed by atoms with Crippen LogP contribution in [0.1, 0.15) is 11.1 Å². The van der Waals surface area contributed by atoms with Crippen LogP contribution < -0.4 is 10.1 Å². The van der Waals surface area contributed by atoms with E-state index in [1.54, 1.807) is 0 Å². The molecule has 1 N–H and O–H groups in total. The highest BCUT2D eigenvalue weighted by atomic mass is 79.9. The molecule has 0 spiro atoms. The molecule has 0 bridgehead atoms. The quantitative estimate of drug-likeness (QED) is 0.816. The van der Waals surface area contributed by atoms with Gasteiger partial charge < -0.3 is 10.1 Å². The molecule has 3 heteroatoms. The summed E-state index contributed by atoms with van der Waals surface area (Å²) in [5, 5.41) is 3.35. The molecule has 0 amide bonds. The molecule has 0 atom stereocenters. The van der Waals surface area contributed by atoms with Crippen molar-refractivity contribution in [1.82, 2.24) is 0 Å². The van der Waals surface area contributed by atoms with Gasteiger partial charge in [0.25, 0.3) is 0 Å². The van der Waals surface area contributed by atoms with Gasteiger partial charge in [-0.1, -0.05) is 18.2 Å². The predicted octanol–water partition coefficient (Wildman–Crippen LogP) is 4.56. The Morgan fingerprint density at radius 2 is 1.84 bits per heavy atom. The van der Waals surface area contributed by atoms with Gasteiger partial charge in [0.15, 0.2) is 0 Å². The lowest BCUT2D eigenvalue weighted by Crippen LogP contribution is -2.11. The van der Waals surface area contributed by atoms with E-state index < -0.39 is 0 Å². The van der Waals surface area contributed by atoms with Crippen LogP contribution in [0.25, 0.3) is 0 Å². The van der Waals surface area contributed by atoms with Crippen molar-refractivity contribution in [2.24, 2.45) is 0 Å². The molecule has 2 nitrogen and oxygen atoms in total. The predicted molar refractivity (Wildman–Crippen MR) is 84.0 cm³/mol. The third kappa shape index (κ3) is 4.28. The second-order valence-electron chi connectivity index (χ2n) is 4.58. The van der Waals surface area contributed by atoms with Crippen LogP contribution in [0.4, 0.5) is 5.69 Å². The molecule has 0 aliphatic heterocycles. The van der Waals surface area contributed by atoms with Gasteiger partial charge in [-0.15, -0.1) is 0 Å². The van der Waals surface area contributed by atoms with Gasteiger partial charge in [0.1, 0.15) is 12.4 Å². The van der Waals surface area contributed by atoms with Gasteiger partial charge >= 0.3 is 0 Å². The third-order valence-corrected chi connectivity index (χ3v) is 3.41. The molecule has 2 aromatic rings. The number of anilines is 1. The number of halogens is 1. The van der Waals surface area contributed by atoms with Crippen molar-refractivity contribution in [3.8, 4) is 5.75 Å². The zero-order valence-electron chi connectivity index (χ0n) is 11.2. The molecule has 100 valence electrons. The van der Waals surface area contributed by atoms with E-state index in [0.29, 0.717) is 6.61 Å². The van der Waals surface area contributed by atoms with Crippen LogP contribution in [0.5, 0.6) is 5.75 Å². The highest BCUT2D eigenvalue weighted by Crippen LogP contribution is 2.25. The Balaban J connectivity index is 1.81. The Bertz CT molecular complexity index is 554. The molecule has 2 rings (SSSR count). The number of aryl methyl sites for hydroxylation is 2. The minimum absolute atomic E-state index is 0.635. The SMILES string of the molecule is Cc1cccc(NCCOc2ccc(C)cc2Br)c1. The summed E-state index contributed by atoms with van der Waals surface area (Å²) in [5.74, 6) is 0.886. The van der Waals surface area contributed by atoms with Gasteiger partial charge in [-0.05, 0) is 65.2 Å². The lowest BCUT2D eigenvalue weighted by molar-refractivity contribution is 0.331. The van der Waals surface area contributed by atoms with Gasteiger partial charge in [0.05, 0.1) is 4.47 Å². The summed E-state index contributed by atoms with van der Waals surface area (Å²) in [6.45, 7) is 5.57. The maximum Gasteiger partial charge on any atom is 0.133 e. The molecule has 0 fully saturated rings. The van der Waals surface area contributed by atoms with Gasteiger partial charge in [-0.2, -0.15) is 0 Å². The lowest BCUT2D eigenvalue weighted by Gasteiger charge is -2.10. The van der Waals surface area contributed by atoms with E-state index in [-0.39, 0.29) is 0 Å². The lowest BCUT2D eigenvalue weighted by atomic mass is 10.2. The summed E-state index contributed by atoms with van der Waals surface area (Å²) in [5.41, 5.74) is 3.61. The maximum absolute atomic E-state index is 5.73. The Morgan fingerprint density at radius 1 is 1.05 bits per heavy atom. The highest BCUT2D eigenvalue weighted by Gasteiger charge is 2.00. The van der Waals surface area contributed by atoms with Crippen molar-refractivity contribution in [2.75, 3.05) is 18.5 Å². The number of rotatable bonds is 5. The number of hydrogen-bond donors (Lipinski definition) is 1. The fourth-order valence-electron chi connectivity index (χ4n) is 1.83. The van der Waals surface area contributed by atoms with Crippen LogP contribution in [0, 0.1) is 13.8 Å². The van der Waals surface area contributed by atoms with E-state index in [1.807, 2.05) is 12.1 Å². The fourth-order valence-corrected chi connectivity index (χ4v) is 2.44. The first-order valence-electron chi connectivity index (χ1n) is 6.34. The van der Waals surface area contributed by atoms with Crippen molar-refractivity contribution in [1.29, 1.82) is 0 Å². The monoisotopic (exact) mass is 319 g/mol. The molecule has 0 aliphatic carbocycles. The maximum atomic E-state index is 5.73. The second-order valence-corrected chi connectivity index (χ2v) is 5.43. The molecule has 0 radical (unpaired) electrons. The van der Waals surface area contributed by atoms with Gasteiger partial charge in [0, 0.05) is 12.2 Å². The molecule has 0 saturated heterocycles. The molecular formula is C16H18BrNO. The molecule has 0 saturated carbocycles. The molecule has 19 heavy (non-hydrogen) atoms. The smallest absolute Gasteiger partial charge is 0.133 e. The van der Waals surface area contributed by atoms with Gasteiger partial charge in [-0.3, -0.25) is 0 Å². The molecule has 0 heterocycles. The number of benzene rings is 2. The minimum atomic E-state index is 0.635. The molecule has 2 aromatic carbocycles. The van der Waals surface area contributed by atoms with Crippen molar-refractivity contribution >= 4 is 21.6 Å². The topological polar surface area (TPSA) is 21.3 Å². The molecule has 0 aromatic heterocycles. The van der Waals surface area contributed by atoms with E-state index in [1.165, 1.54) is 11.1 Å². The van der Waals surface area contributed by atoms with Crippen LogP contribution in [0.15, 0.2) is 46.9 Å². The summed E-state index contributed by atoms with van der Waals surface area (Å²) in [6.07, 6.45) is 0.